The molecule has 5 aromatic rings. The van der Waals surface area contributed by atoms with Gasteiger partial charge in [-0.25, -0.2) is 9.78 Å². The molecule has 0 atom stereocenters. The van der Waals surface area contributed by atoms with E-state index in [1.54, 1.807) is 13.2 Å². The van der Waals surface area contributed by atoms with Gasteiger partial charge in [-0.2, -0.15) is 0 Å². The largest absolute Gasteiger partial charge is 0.491 e. The summed E-state index contributed by atoms with van der Waals surface area (Å²) in [6, 6.07) is 30.9. The molecule has 5 nitrogen and oxygen atoms in total. The standard InChI is InChI=1S/C39H36ClNO4/c1-44-21-22-45-32-15-17-33(28-9-13-31(40)14-10-28)36(25-32)38-19-12-30-24-29(11-18-37(30)41-38)34-16-7-26(8-20-39(42)43)23-35(34)27-5-3-2-4-6-27/h7-20,23-25,27H,2-6,21-22H2,1H3,(H,42,43). The molecule has 4 aromatic carbocycles. The predicted octanol–water partition coefficient (Wildman–Crippen LogP) is 10.1. The van der Waals surface area contributed by atoms with Crippen LogP contribution >= 0.6 is 11.6 Å². The van der Waals surface area contributed by atoms with Crippen LogP contribution < -0.4 is 4.74 Å². The van der Waals surface area contributed by atoms with E-state index in [1.165, 1.54) is 36.5 Å². The van der Waals surface area contributed by atoms with E-state index in [9.17, 15) is 4.79 Å². The lowest BCUT2D eigenvalue weighted by molar-refractivity contribution is -0.131. The first-order valence-corrected chi connectivity index (χ1v) is 15.8. The monoisotopic (exact) mass is 617 g/mol. The Labute approximate surface area is 269 Å². The first-order valence-electron chi connectivity index (χ1n) is 15.5. The second-order valence-electron chi connectivity index (χ2n) is 11.5. The number of pyridine rings is 1. The molecule has 0 radical (unpaired) electrons. The van der Waals surface area contributed by atoms with Crippen LogP contribution in [0.4, 0.5) is 0 Å². The van der Waals surface area contributed by atoms with Crippen LogP contribution in [0.1, 0.15) is 49.1 Å². The first kappa shape index (κ1) is 30.6. The summed E-state index contributed by atoms with van der Waals surface area (Å²) < 4.78 is 11.1. The van der Waals surface area contributed by atoms with E-state index in [0.29, 0.717) is 24.2 Å². The number of aromatic nitrogens is 1. The highest BCUT2D eigenvalue weighted by atomic mass is 35.5. The van der Waals surface area contributed by atoms with E-state index < -0.39 is 5.97 Å². The van der Waals surface area contributed by atoms with Gasteiger partial charge in [0, 0.05) is 29.2 Å². The molecule has 1 fully saturated rings. The molecular weight excluding hydrogens is 582 g/mol. The predicted molar refractivity (Wildman–Crippen MR) is 183 cm³/mol. The molecule has 0 amide bonds. The van der Waals surface area contributed by atoms with E-state index in [-0.39, 0.29) is 0 Å². The normalized spacial score (nSPS) is 13.8. The van der Waals surface area contributed by atoms with Gasteiger partial charge in [-0.05, 0) is 101 Å². The maximum atomic E-state index is 11.2. The molecule has 1 N–H and O–H groups in total. The zero-order valence-electron chi connectivity index (χ0n) is 25.3. The fraction of sp³-hybridized carbons (Fsp3) is 0.231. The lowest BCUT2D eigenvalue weighted by Crippen LogP contribution is -2.06. The van der Waals surface area contributed by atoms with Crippen molar-refractivity contribution in [2.45, 2.75) is 38.0 Å². The van der Waals surface area contributed by atoms with E-state index in [2.05, 4.69) is 48.5 Å². The average molecular weight is 618 g/mol. The second-order valence-corrected chi connectivity index (χ2v) is 11.9. The molecule has 228 valence electrons. The van der Waals surface area contributed by atoms with Crippen molar-refractivity contribution in [3.63, 3.8) is 0 Å². The van der Waals surface area contributed by atoms with Crippen molar-refractivity contribution in [2.24, 2.45) is 0 Å². The Balaban J connectivity index is 1.39. The summed E-state index contributed by atoms with van der Waals surface area (Å²) >= 11 is 6.19. The second kappa shape index (κ2) is 14.1. The number of fused-ring (bicyclic) bond motifs is 1. The molecule has 6 heteroatoms. The van der Waals surface area contributed by atoms with Crippen LogP contribution in [0.3, 0.4) is 0 Å². The number of rotatable bonds is 10. The van der Waals surface area contributed by atoms with Crippen LogP contribution in [0.2, 0.25) is 5.02 Å². The smallest absolute Gasteiger partial charge is 0.328 e. The Morgan fingerprint density at radius 1 is 0.844 bits per heavy atom. The molecule has 6 rings (SSSR count). The summed E-state index contributed by atoms with van der Waals surface area (Å²) in [5.74, 6) is 0.284. The number of benzene rings is 4. The summed E-state index contributed by atoms with van der Waals surface area (Å²) in [5, 5.41) is 10.9. The zero-order valence-corrected chi connectivity index (χ0v) is 26.1. The SMILES string of the molecule is COCCOc1ccc(-c2ccc(Cl)cc2)c(-c2ccc3cc(-c4ccc(C=CC(=O)O)cc4C4CCCCC4)ccc3n2)c1. The number of halogens is 1. The van der Waals surface area contributed by atoms with Crippen LogP contribution in [0.15, 0.2) is 97.1 Å². The lowest BCUT2D eigenvalue weighted by atomic mass is 9.80. The van der Waals surface area contributed by atoms with Crippen molar-refractivity contribution in [1.29, 1.82) is 0 Å². The number of carboxylic acids is 1. The highest BCUT2D eigenvalue weighted by molar-refractivity contribution is 6.30. The quantitative estimate of drug-likeness (QED) is 0.125. The minimum atomic E-state index is -0.940. The fourth-order valence-corrected chi connectivity index (χ4v) is 6.38. The molecule has 0 aliphatic heterocycles. The van der Waals surface area contributed by atoms with Crippen molar-refractivity contribution in [1.82, 2.24) is 4.98 Å². The summed E-state index contributed by atoms with van der Waals surface area (Å²) in [4.78, 5) is 16.3. The molecule has 1 saturated carbocycles. The molecule has 45 heavy (non-hydrogen) atoms. The summed E-state index contributed by atoms with van der Waals surface area (Å²) in [5.41, 5.74) is 9.38. The Morgan fingerprint density at radius 3 is 2.40 bits per heavy atom. The highest BCUT2D eigenvalue weighted by Gasteiger charge is 2.20. The maximum Gasteiger partial charge on any atom is 0.328 e. The Bertz CT molecular complexity index is 1840. The third-order valence-corrected chi connectivity index (χ3v) is 8.77. The summed E-state index contributed by atoms with van der Waals surface area (Å²) in [6.45, 7) is 0.971. The zero-order chi connectivity index (χ0) is 31.2. The molecule has 1 aromatic heterocycles. The van der Waals surface area contributed by atoms with Gasteiger partial charge in [-0.3, -0.25) is 0 Å². The Hall–Kier alpha value is -4.45. The van der Waals surface area contributed by atoms with Crippen molar-refractivity contribution in [3.05, 3.63) is 113 Å². The average Bonchev–Trinajstić information content (AvgIpc) is 3.07. The van der Waals surface area contributed by atoms with E-state index in [4.69, 9.17) is 31.2 Å². The van der Waals surface area contributed by atoms with Gasteiger partial charge in [0.1, 0.15) is 12.4 Å². The number of ether oxygens (including phenoxy) is 2. The summed E-state index contributed by atoms with van der Waals surface area (Å²) in [6.07, 6.45) is 8.92. The van der Waals surface area contributed by atoms with Gasteiger partial charge in [-0.15, -0.1) is 0 Å². The topological polar surface area (TPSA) is 68.7 Å². The van der Waals surface area contributed by atoms with Crippen LogP contribution in [-0.4, -0.2) is 36.4 Å². The molecule has 1 aliphatic carbocycles. The lowest BCUT2D eigenvalue weighted by Gasteiger charge is -2.25. The number of hydrogen-bond acceptors (Lipinski definition) is 4. The Morgan fingerprint density at radius 2 is 1.62 bits per heavy atom. The third-order valence-electron chi connectivity index (χ3n) is 8.52. The van der Waals surface area contributed by atoms with Crippen molar-refractivity contribution >= 4 is 34.5 Å². The van der Waals surface area contributed by atoms with Gasteiger partial charge in [0.25, 0.3) is 0 Å². The molecule has 0 spiro atoms. The number of hydrogen-bond donors (Lipinski definition) is 1. The van der Waals surface area contributed by atoms with Gasteiger partial charge >= 0.3 is 5.97 Å². The minimum absolute atomic E-state index is 0.462. The number of aliphatic carboxylic acids is 1. The van der Waals surface area contributed by atoms with Crippen LogP contribution in [0, 0.1) is 0 Å². The molecule has 1 aliphatic rings. The van der Waals surface area contributed by atoms with Crippen LogP contribution in [0.25, 0.3) is 50.5 Å². The molecule has 0 saturated heterocycles. The van der Waals surface area contributed by atoms with Crippen LogP contribution in [0.5, 0.6) is 5.75 Å². The van der Waals surface area contributed by atoms with Crippen LogP contribution in [-0.2, 0) is 9.53 Å². The number of carboxylic acid groups (broad SMARTS) is 1. The molecule has 0 bridgehead atoms. The molecular formula is C39H36ClNO4. The van der Waals surface area contributed by atoms with E-state index >= 15 is 0 Å². The third kappa shape index (κ3) is 7.28. The van der Waals surface area contributed by atoms with E-state index in [0.717, 1.165) is 63.0 Å². The minimum Gasteiger partial charge on any atom is -0.491 e. The van der Waals surface area contributed by atoms with Gasteiger partial charge in [0.2, 0.25) is 0 Å². The number of nitrogens with zero attached hydrogens (tertiary/aromatic N) is 1. The molecule has 0 unspecified atom stereocenters. The van der Waals surface area contributed by atoms with Gasteiger partial charge in [0.05, 0.1) is 17.8 Å². The molecule has 1 heterocycles. The Kier molecular flexibility index (Phi) is 9.58. The van der Waals surface area contributed by atoms with Crippen molar-refractivity contribution in [2.75, 3.05) is 20.3 Å². The van der Waals surface area contributed by atoms with E-state index in [1.807, 2.05) is 42.5 Å². The van der Waals surface area contributed by atoms with Gasteiger partial charge < -0.3 is 14.6 Å². The highest BCUT2D eigenvalue weighted by Crippen LogP contribution is 2.40. The van der Waals surface area contributed by atoms with Gasteiger partial charge in [0.15, 0.2) is 0 Å². The van der Waals surface area contributed by atoms with Crippen molar-refractivity contribution in [3.8, 4) is 39.3 Å². The maximum absolute atomic E-state index is 11.2. The fourth-order valence-electron chi connectivity index (χ4n) is 6.26. The number of carbonyl (C=O) groups is 1. The first-order chi connectivity index (χ1) is 22.0. The summed E-state index contributed by atoms with van der Waals surface area (Å²) in [7, 11) is 1.66. The van der Waals surface area contributed by atoms with Gasteiger partial charge in [-0.1, -0.05) is 79.4 Å². The van der Waals surface area contributed by atoms with Crippen molar-refractivity contribution < 1.29 is 19.4 Å². The number of methoxy groups -OCH3 is 1.